The summed E-state index contributed by atoms with van der Waals surface area (Å²) in [5.41, 5.74) is 2.57. The number of hydrogen-bond donors (Lipinski definition) is 1. The molecule has 1 aliphatic rings. The lowest BCUT2D eigenvalue weighted by Crippen LogP contribution is -2.21. The van der Waals surface area contributed by atoms with Crippen LogP contribution < -0.4 is 0 Å². The molecule has 1 N–H and O–H groups in total. The molecule has 0 radical (unpaired) electrons. The lowest BCUT2D eigenvalue weighted by Gasteiger charge is -2.18. The second-order valence-electron chi connectivity index (χ2n) is 5.56. The van der Waals surface area contributed by atoms with E-state index >= 15 is 0 Å². The molecule has 6 nitrogen and oxygen atoms in total. The van der Waals surface area contributed by atoms with Crippen LogP contribution in [0.25, 0.3) is 16.6 Å². The van der Waals surface area contributed by atoms with E-state index in [1.165, 1.54) is 6.33 Å². The molecule has 0 bridgehead atoms. The lowest BCUT2D eigenvalue weighted by molar-refractivity contribution is 0.0980. The normalized spacial score (nSPS) is 13.3. The summed E-state index contributed by atoms with van der Waals surface area (Å²) in [6.07, 6.45) is 1.52. The SMILES string of the molecule is O=C1c2ccccc2C(=O)c2c1ccc1c2ncn2c(=S)[nH]nc12. The van der Waals surface area contributed by atoms with Crippen molar-refractivity contribution in [3.63, 3.8) is 0 Å². The van der Waals surface area contributed by atoms with E-state index in [-0.39, 0.29) is 11.6 Å². The molecule has 0 atom stereocenters. The van der Waals surface area contributed by atoms with Crippen molar-refractivity contribution in [2.45, 2.75) is 0 Å². The molecule has 5 rings (SSSR count). The number of ketones is 2. The highest BCUT2D eigenvalue weighted by Crippen LogP contribution is 2.32. The largest absolute Gasteiger partial charge is 0.289 e. The predicted octanol–water partition coefficient (Wildman–Crippen LogP) is 2.72. The lowest BCUT2D eigenvalue weighted by atomic mass is 9.83. The van der Waals surface area contributed by atoms with Gasteiger partial charge < -0.3 is 0 Å². The Kier molecular flexibility index (Phi) is 2.44. The molecule has 114 valence electrons. The zero-order chi connectivity index (χ0) is 16.4. The van der Waals surface area contributed by atoms with Crippen LogP contribution in [0, 0.1) is 4.77 Å². The molecule has 0 amide bonds. The number of nitrogens with one attached hydrogen (secondary N) is 1. The number of benzene rings is 2. The van der Waals surface area contributed by atoms with Gasteiger partial charge in [0.2, 0.25) is 4.77 Å². The standard InChI is InChI=1S/C17H8N4O2S/c22-14-8-3-1-2-4-9(8)15(23)12-10(14)5-6-11-13(12)18-7-21-16(11)19-20-17(21)24/h1-7H,(H,20,24). The van der Waals surface area contributed by atoms with Crippen molar-refractivity contribution in [2.24, 2.45) is 0 Å². The van der Waals surface area contributed by atoms with Gasteiger partial charge in [-0.15, -0.1) is 0 Å². The maximum Gasteiger partial charge on any atom is 0.200 e. The minimum Gasteiger partial charge on any atom is -0.289 e. The number of aromatic amines is 1. The van der Waals surface area contributed by atoms with Gasteiger partial charge in [0.05, 0.1) is 11.1 Å². The summed E-state index contributed by atoms with van der Waals surface area (Å²) in [6.45, 7) is 0. The van der Waals surface area contributed by atoms with Gasteiger partial charge in [0.25, 0.3) is 0 Å². The minimum atomic E-state index is -0.197. The van der Waals surface area contributed by atoms with Crippen LogP contribution >= 0.6 is 12.2 Å². The third kappa shape index (κ3) is 1.51. The quantitative estimate of drug-likeness (QED) is 0.441. The minimum absolute atomic E-state index is 0.164. The Morgan fingerprint density at radius 1 is 0.958 bits per heavy atom. The van der Waals surface area contributed by atoms with E-state index < -0.39 is 0 Å². The first kappa shape index (κ1) is 13.3. The van der Waals surface area contributed by atoms with E-state index in [2.05, 4.69) is 15.2 Å². The number of carbonyl (C=O) groups is 2. The summed E-state index contributed by atoms with van der Waals surface area (Å²) in [4.78, 5) is 30.1. The van der Waals surface area contributed by atoms with Crippen LogP contribution in [0.3, 0.4) is 0 Å². The number of nitrogens with zero attached hydrogens (tertiary/aromatic N) is 3. The van der Waals surface area contributed by atoms with Crippen LogP contribution in [0.15, 0.2) is 42.7 Å². The van der Waals surface area contributed by atoms with Gasteiger partial charge in [-0.25, -0.2) is 4.98 Å². The third-order valence-electron chi connectivity index (χ3n) is 4.31. The molecule has 4 aromatic rings. The number of rotatable bonds is 0. The number of aromatic nitrogens is 4. The maximum atomic E-state index is 13.0. The fraction of sp³-hybridized carbons (Fsp3) is 0. The number of carbonyl (C=O) groups excluding carboxylic acids is 2. The number of fused-ring (bicyclic) bond motifs is 6. The van der Waals surface area contributed by atoms with E-state index in [1.54, 1.807) is 40.8 Å². The zero-order valence-corrected chi connectivity index (χ0v) is 12.9. The summed E-state index contributed by atoms with van der Waals surface area (Å²) >= 11 is 5.15. The van der Waals surface area contributed by atoms with Crippen LogP contribution in [0.4, 0.5) is 0 Å². The molecule has 24 heavy (non-hydrogen) atoms. The highest BCUT2D eigenvalue weighted by Gasteiger charge is 2.31. The molecule has 2 heterocycles. The first-order valence-corrected chi connectivity index (χ1v) is 7.64. The Hall–Kier alpha value is -3.19. The van der Waals surface area contributed by atoms with Gasteiger partial charge >= 0.3 is 0 Å². The van der Waals surface area contributed by atoms with Gasteiger partial charge in [-0.3, -0.25) is 19.1 Å². The van der Waals surface area contributed by atoms with Crippen LogP contribution in [0.1, 0.15) is 31.8 Å². The summed E-state index contributed by atoms with van der Waals surface area (Å²) < 4.78 is 2.05. The molecule has 0 spiro atoms. The van der Waals surface area contributed by atoms with Crippen molar-refractivity contribution in [2.75, 3.05) is 0 Å². The van der Waals surface area contributed by atoms with E-state index in [4.69, 9.17) is 12.2 Å². The predicted molar refractivity (Wildman–Crippen MR) is 89.0 cm³/mol. The van der Waals surface area contributed by atoms with Gasteiger partial charge in [0.1, 0.15) is 6.33 Å². The Morgan fingerprint density at radius 2 is 1.71 bits per heavy atom. The molecule has 2 aromatic heterocycles. The van der Waals surface area contributed by atoms with E-state index in [9.17, 15) is 9.59 Å². The smallest absolute Gasteiger partial charge is 0.200 e. The fourth-order valence-electron chi connectivity index (χ4n) is 3.20. The van der Waals surface area contributed by atoms with Crippen LogP contribution in [0.2, 0.25) is 0 Å². The van der Waals surface area contributed by atoms with Gasteiger partial charge in [-0.2, -0.15) is 5.10 Å². The van der Waals surface area contributed by atoms with Crippen LogP contribution in [-0.4, -0.2) is 31.1 Å². The average Bonchev–Trinajstić information content (AvgIpc) is 3.00. The molecule has 0 saturated carbocycles. The second-order valence-corrected chi connectivity index (χ2v) is 5.94. The Bertz CT molecular complexity index is 1270. The van der Waals surface area contributed by atoms with E-state index in [1.807, 2.05) is 0 Å². The summed E-state index contributed by atoms with van der Waals surface area (Å²) in [5, 5.41) is 7.57. The van der Waals surface area contributed by atoms with Gasteiger partial charge in [-0.05, 0) is 24.4 Å². The van der Waals surface area contributed by atoms with Gasteiger partial charge in [-0.1, -0.05) is 24.3 Å². The van der Waals surface area contributed by atoms with Crippen molar-refractivity contribution >= 4 is 40.3 Å². The highest BCUT2D eigenvalue weighted by molar-refractivity contribution is 7.71. The Morgan fingerprint density at radius 3 is 2.50 bits per heavy atom. The zero-order valence-electron chi connectivity index (χ0n) is 12.1. The topological polar surface area (TPSA) is 80.1 Å². The molecule has 0 aliphatic heterocycles. The summed E-state index contributed by atoms with van der Waals surface area (Å²) in [5.74, 6) is -0.362. The molecule has 1 aliphatic carbocycles. The molecule has 2 aromatic carbocycles. The molecular formula is C17H8N4O2S. The fourth-order valence-corrected chi connectivity index (χ4v) is 3.38. The van der Waals surface area contributed by atoms with Crippen molar-refractivity contribution < 1.29 is 9.59 Å². The summed E-state index contributed by atoms with van der Waals surface area (Å²) in [6, 6.07) is 10.3. The Labute approximate surface area is 139 Å². The van der Waals surface area contributed by atoms with Crippen molar-refractivity contribution in [1.29, 1.82) is 0 Å². The first-order valence-electron chi connectivity index (χ1n) is 7.23. The van der Waals surface area contributed by atoms with E-state index in [0.717, 1.165) is 0 Å². The second kappa shape index (κ2) is 4.42. The van der Waals surface area contributed by atoms with Gasteiger partial charge in [0, 0.05) is 22.1 Å². The molecule has 0 fully saturated rings. The number of hydrogen-bond acceptors (Lipinski definition) is 5. The van der Waals surface area contributed by atoms with Crippen molar-refractivity contribution in [3.8, 4) is 0 Å². The van der Waals surface area contributed by atoms with Crippen molar-refractivity contribution in [3.05, 3.63) is 69.8 Å². The average molecular weight is 332 g/mol. The summed E-state index contributed by atoms with van der Waals surface area (Å²) in [7, 11) is 0. The van der Waals surface area contributed by atoms with Crippen LogP contribution in [-0.2, 0) is 0 Å². The number of H-pyrrole nitrogens is 1. The molecular weight excluding hydrogens is 324 g/mol. The molecule has 0 saturated heterocycles. The highest BCUT2D eigenvalue weighted by atomic mass is 32.1. The Balaban J connectivity index is 1.94. The molecule has 0 unspecified atom stereocenters. The first-order chi connectivity index (χ1) is 11.7. The van der Waals surface area contributed by atoms with Crippen molar-refractivity contribution in [1.82, 2.24) is 19.6 Å². The van der Waals surface area contributed by atoms with E-state index in [0.29, 0.717) is 43.6 Å². The van der Waals surface area contributed by atoms with Gasteiger partial charge in [0.15, 0.2) is 17.2 Å². The monoisotopic (exact) mass is 332 g/mol. The molecule has 7 heteroatoms. The maximum absolute atomic E-state index is 13.0. The third-order valence-corrected chi connectivity index (χ3v) is 4.60. The van der Waals surface area contributed by atoms with Crippen LogP contribution in [0.5, 0.6) is 0 Å².